The van der Waals surface area contributed by atoms with Crippen LogP contribution in [0.5, 0.6) is 5.75 Å². The molecule has 0 aliphatic carbocycles. The third kappa shape index (κ3) is 2.96. The molecule has 0 amide bonds. The van der Waals surface area contributed by atoms with Crippen molar-refractivity contribution in [1.29, 1.82) is 0 Å². The summed E-state index contributed by atoms with van der Waals surface area (Å²) in [6.45, 7) is 1.91. The number of hydrogen-bond donors (Lipinski definition) is 0. The molecule has 0 unspecified atom stereocenters. The molecule has 0 aliphatic rings. The van der Waals surface area contributed by atoms with Gasteiger partial charge in [0.05, 0.1) is 12.8 Å². The number of rotatable bonds is 4. The minimum absolute atomic E-state index is 0.0139. The second-order valence-corrected chi connectivity index (χ2v) is 6.43. The monoisotopic (exact) mass is 318 g/mol. The third-order valence-corrected chi connectivity index (χ3v) is 5.03. The quantitative estimate of drug-likeness (QED) is 0.692. The zero-order chi connectivity index (χ0) is 14.8. The summed E-state index contributed by atoms with van der Waals surface area (Å²) in [4.78, 5) is 18.5. The summed E-state index contributed by atoms with van der Waals surface area (Å²) >= 11 is 3.13. The maximum Gasteiger partial charge on any atom is 0.258 e. The fourth-order valence-electron chi connectivity index (χ4n) is 2.02. The standard InChI is InChI=1S/C15H14N2O2S2/c1-10-8-21-15-16-11(6-14(18)17(10)15)9-20-13-5-3-4-12(7-13)19-2/h3-8H,9H2,1-2H3. The smallest absolute Gasteiger partial charge is 0.258 e. The highest BCUT2D eigenvalue weighted by Crippen LogP contribution is 2.25. The molecular weight excluding hydrogens is 304 g/mol. The number of hydrogen-bond acceptors (Lipinski definition) is 5. The van der Waals surface area contributed by atoms with E-state index < -0.39 is 0 Å². The summed E-state index contributed by atoms with van der Waals surface area (Å²) in [6, 6.07) is 9.48. The Morgan fingerprint density at radius 2 is 2.24 bits per heavy atom. The maximum atomic E-state index is 12.1. The summed E-state index contributed by atoms with van der Waals surface area (Å²) in [5.41, 5.74) is 1.72. The van der Waals surface area contributed by atoms with E-state index in [1.54, 1.807) is 29.3 Å². The van der Waals surface area contributed by atoms with Gasteiger partial charge in [-0.3, -0.25) is 9.20 Å². The largest absolute Gasteiger partial charge is 0.497 e. The Hall–Kier alpha value is -1.79. The van der Waals surface area contributed by atoms with E-state index in [9.17, 15) is 4.79 Å². The van der Waals surface area contributed by atoms with Crippen LogP contribution < -0.4 is 10.3 Å². The highest BCUT2D eigenvalue weighted by molar-refractivity contribution is 7.98. The predicted molar refractivity (Wildman–Crippen MR) is 86.6 cm³/mol. The first-order valence-electron chi connectivity index (χ1n) is 6.41. The molecule has 1 aromatic carbocycles. The number of benzene rings is 1. The second-order valence-electron chi connectivity index (χ2n) is 4.55. The Labute approximate surface area is 130 Å². The van der Waals surface area contributed by atoms with Gasteiger partial charge in [0.2, 0.25) is 0 Å². The van der Waals surface area contributed by atoms with Crippen LogP contribution in [0, 0.1) is 6.92 Å². The second kappa shape index (κ2) is 5.91. The van der Waals surface area contributed by atoms with Gasteiger partial charge in [-0.05, 0) is 25.1 Å². The molecule has 4 nitrogen and oxygen atoms in total. The zero-order valence-electron chi connectivity index (χ0n) is 11.7. The minimum Gasteiger partial charge on any atom is -0.497 e. The molecule has 2 aromatic heterocycles. The Morgan fingerprint density at radius 3 is 3.05 bits per heavy atom. The van der Waals surface area contributed by atoms with Gasteiger partial charge in [0, 0.05) is 27.8 Å². The lowest BCUT2D eigenvalue weighted by Gasteiger charge is -2.04. The maximum absolute atomic E-state index is 12.1. The number of thiazole rings is 1. The van der Waals surface area contributed by atoms with Crippen LogP contribution in [0.4, 0.5) is 0 Å². The lowest BCUT2D eigenvalue weighted by Crippen LogP contribution is -2.14. The molecule has 2 heterocycles. The summed E-state index contributed by atoms with van der Waals surface area (Å²) in [5.74, 6) is 1.49. The molecule has 21 heavy (non-hydrogen) atoms. The van der Waals surface area contributed by atoms with Crippen molar-refractivity contribution in [3.05, 3.63) is 57.5 Å². The van der Waals surface area contributed by atoms with E-state index in [4.69, 9.17) is 4.74 Å². The SMILES string of the molecule is COc1cccc(SCc2cc(=O)n3c(C)csc3n2)c1. The van der Waals surface area contributed by atoms with Gasteiger partial charge < -0.3 is 4.74 Å². The summed E-state index contributed by atoms with van der Waals surface area (Å²) in [7, 11) is 1.65. The molecule has 0 saturated heterocycles. The van der Waals surface area contributed by atoms with E-state index in [-0.39, 0.29) is 5.56 Å². The Balaban J connectivity index is 1.83. The van der Waals surface area contributed by atoms with Crippen LogP contribution >= 0.6 is 23.1 Å². The number of thioether (sulfide) groups is 1. The van der Waals surface area contributed by atoms with Gasteiger partial charge >= 0.3 is 0 Å². The van der Waals surface area contributed by atoms with Gasteiger partial charge in [-0.15, -0.1) is 23.1 Å². The fraction of sp³-hybridized carbons (Fsp3) is 0.200. The Bertz CT molecular complexity index is 839. The highest BCUT2D eigenvalue weighted by Gasteiger charge is 2.07. The summed E-state index contributed by atoms with van der Waals surface area (Å²) < 4.78 is 6.85. The van der Waals surface area contributed by atoms with E-state index in [0.717, 1.165) is 27.0 Å². The average Bonchev–Trinajstić information content (AvgIpc) is 2.87. The number of nitrogens with zero attached hydrogens (tertiary/aromatic N) is 2. The molecule has 0 N–H and O–H groups in total. The van der Waals surface area contributed by atoms with Crippen LogP contribution in [0.2, 0.25) is 0 Å². The molecule has 108 valence electrons. The van der Waals surface area contributed by atoms with Crippen molar-refractivity contribution in [2.75, 3.05) is 7.11 Å². The van der Waals surface area contributed by atoms with Crippen LogP contribution in [-0.4, -0.2) is 16.5 Å². The summed E-state index contributed by atoms with van der Waals surface area (Å²) in [5, 5.41) is 1.95. The molecule has 6 heteroatoms. The molecular formula is C15H14N2O2S2. The Morgan fingerprint density at radius 1 is 1.38 bits per heavy atom. The van der Waals surface area contributed by atoms with Gasteiger partial charge in [0.25, 0.3) is 5.56 Å². The molecule has 0 fully saturated rings. The van der Waals surface area contributed by atoms with Crippen molar-refractivity contribution in [3.8, 4) is 5.75 Å². The van der Waals surface area contributed by atoms with Crippen LogP contribution in [0.3, 0.4) is 0 Å². The van der Waals surface area contributed by atoms with E-state index >= 15 is 0 Å². The number of aromatic nitrogens is 2. The van der Waals surface area contributed by atoms with Crippen molar-refractivity contribution in [2.24, 2.45) is 0 Å². The first-order chi connectivity index (χ1) is 10.2. The first-order valence-corrected chi connectivity index (χ1v) is 8.27. The summed E-state index contributed by atoms with van der Waals surface area (Å²) in [6.07, 6.45) is 0. The van der Waals surface area contributed by atoms with Gasteiger partial charge in [0.15, 0.2) is 4.96 Å². The van der Waals surface area contributed by atoms with Gasteiger partial charge in [-0.1, -0.05) is 6.07 Å². The van der Waals surface area contributed by atoms with Crippen molar-refractivity contribution >= 4 is 28.1 Å². The number of aryl methyl sites for hydroxylation is 1. The molecule has 0 bridgehead atoms. The molecule has 0 aliphatic heterocycles. The van der Waals surface area contributed by atoms with Crippen LogP contribution in [0.1, 0.15) is 11.4 Å². The number of fused-ring (bicyclic) bond motifs is 1. The van der Waals surface area contributed by atoms with Crippen molar-refractivity contribution < 1.29 is 4.74 Å². The topological polar surface area (TPSA) is 43.6 Å². The molecule has 3 aromatic rings. The van der Waals surface area contributed by atoms with E-state index in [0.29, 0.717) is 5.75 Å². The normalized spacial score (nSPS) is 11.0. The van der Waals surface area contributed by atoms with Crippen LogP contribution in [0.25, 0.3) is 4.96 Å². The van der Waals surface area contributed by atoms with Gasteiger partial charge in [-0.2, -0.15) is 0 Å². The molecule has 3 rings (SSSR count). The number of methoxy groups -OCH3 is 1. The molecule has 0 saturated carbocycles. The van der Waals surface area contributed by atoms with Gasteiger partial charge in [0.1, 0.15) is 5.75 Å². The lowest BCUT2D eigenvalue weighted by atomic mass is 10.3. The molecule has 0 spiro atoms. The van der Waals surface area contributed by atoms with Crippen LogP contribution in [-0.2, 0) is 5.75 Å². The molecule has 0 atom stereocenters. The van der Waals surface area contributed by atoms with E-state index in [2.05, 4.69) is 4.98 Å². The average molecular weight is 318 g/mol. The molecule has 0 radical (unpaired) electrons. The predicted octanol–water partition coefficient (Wildman–Crippen LogP) is 3.37. The van der Waals surface area contributed by atoms with Crippen molar-refractivity contribution in [1.82, 2.24) is 9.38 Å². The highest BCUT2D eigenvalue weighted by atomic mass is 32.2. The fourth-order valence-corrected chi connectivity index (χ4v) is 3.75. The Kier molecular flexibility index (Phi) is 3.98. The zero-order valence-corrected chi connectivity index (χ0v) is 13.3. The van der Waals surface area contributed by atoms with Crippen LogP contribution in [0.15, 0.2) is 45.4 Å². The lowest BCUT2D eigenvalue weighted by molar-refractivity contribution is 0.413. The van der Waals surface area contributed by atoms with Gasteiger partial charge in [-0.25, -0.2) is 4.98 Å². The minimum atomic E-state index is -0.0139. The van der Waals surface area contributed by atoms with Crippen molar-refractivity contribution in [3.63, 3.8) is 0 Å². The van der Waals surface area contributed by atoms with E-state index in [1.165, 1.54) is 11.3 Å². The number of ether oxygens (including phenoxy) is 1. The van der Waals surface area contributed by atoms with Crippen molar-refractivity contribution in [2.45, 2.75) is 17.6 Å². The third-order valence-electron chi connectivity index (χ3n) is 3.06. The first kappa shape index (κ1) is 14.2. The van der Waals surface area contributed by atoms with E-state index in [1.807, 2.05) is 36.6 Å².